The molecule has 0 spiro atoms. The predicted octanol–water partition coefficient (Wildman–Crippen LogP) is 3.20. The number of amides is 2. The Morgan fingerprint density at radius 1 is 1.10 bits per heavy atom. The average molecular weight is 415 g/mol. The van der Waals surface area contributed by atoms with Crippen LogP contribution in [0.15, 0.2) is 54.7 Å². The zero-order chi connectivity index (χ0) is 21.2. The highest BCUT2D eigenvalue weighted by Crippen LogP contribution is 2.26. The third-order valence-corrected chi connectivity index (χ3v) is 6.25. The fourth-order valence-corrected chi connectivity index (χ4v) is 4.53. The number of pyridine rings is 1. The van der Waals surface area contributed by atoms with Crippen LogP contribution in [0, 0.1) is 5.92 Å². The van der Waals surface area contributed by atoms with E-state index >= 15 is 0 Å². The molecule has 2 aromatic carbocycles. The highest BCUT2D eigenvalue weighted by molar-refractivity contribution is 6.06. The van der Waals surface area contributed by atoms with Gasteiger partial charge in [0, 0.05) is 54.9 Å². The number of fused-ring (bicyclic) bond motifs is 2. The minimum absolute atomic E-state index is 0.000313. The van der Waals surface area contributed by atoms with Gasteiger partial charge in [-0.2, -0.15) is 0 Å². The van der Waals surface area contributed by atoms with E-state index in [1.54, 1.807) is 6.20 Å². The number of ether oxygens (including phenoxy) is 1. The molecule has 1 aromatic heterocycles. The van der Waals surface area contributed by atoms with E-state index in [9.17, 15) is 9.59 Å². The van der Waals surface area contributed by atoms with Crippen molar-refractivity contribution in [3.05, 3.63) is 77.0 Å². The van der Waals surface area contributed by atoms with Gasteiger partial charge in [-0.3, -0.25) is 14.6 Å². The first-order valence-corrected chi connectivity index (χ1v) is 10.8. The van der Waals surface area contributed by atoms with Gasteiger partial charge in [-0.1, -0.05) is 24.3 Å². The Kier molecular flexibility index (Phi) is 5.38. The van der Waals surface area contributed by atoms with E-state index in [1.165, 1.54) is 0 Å². The molecule has 1 N–H and O–H groups in total. The zero-order valence-corrected chi connectivity index (χ0v) is 17.3. The van der Waals surface area contributed by atoms with Gasteiger partial charge in [0.25, 0.3) is 11.8 Å². The van der Waals surface area contributed by atoms with Crippen LogP contribution in [0.3, 0.4) is 0 Å². The van der Waals surface area contributed by atoms with E-state index in [0.29, 0.717) is 44.1 Å². The Balaban J connectivity index is 1.34. The number of hydrogen-bond donors (Lipinski definition) is 1. The molecular weight excluding hydrogens is 390 g/mol. The molecule has 0 bridgehead atoms. The highest BCUT2D eigenvalue weighted by atomic mass is 16.5. The molecule has 0 aliphatic carbocycles. The number of aromatic nitrogens is 1. The number of carbonyl (C=O) groups excluding carboxylic acids is 2. The van der Waals surface area contributed by atoms with Crippen molar-refractivity contribution in [1.29, 1.82) is 0 Å². The fourth-order valence-electron chi connectivity index (χ4n) is 4.53. The smallest absolute Gasteiger partial charge is 0.254 e. The third kappa shape index (κ3) is 3.91. The van der Waals surface area contributed by atoms with Crippen molar-refractivity contribution in [2.45, 2.75) is 19.4 Å². The van der Waals surface area contributed by atoms with Gasteiger partial charge >= 0.3 is 0 Å². The van der Waals surface area contributed by atoms with E-state index in [-0.39, 0.29) is 11.8 Å². The summed E-state index contributed by atoms with van der Waals surface area (Å²) in [6.45, 7) is 3.22. The quantitative estimate of drug-likeness (QED) is 0.710. The number of nitrogens with one attached hydrogen (secondary N) is 1. The van der Waals surface area contributed by atoms with Crippen LogP contribution < -0.4 is 5.32 Å². The summed E-state index contributed by atoms with van der Waals surface area (Å²) >= 11 is 0. The third-order valence-electron chi connectivity index (χ3n) is 6.25. The predicted molar refractivity (Wildman–Crippen MR) is 118 cm³/mol. The van der Waals surface area contributed by atoms with Crippen molar-refractivity contribution in [1.82, 2.24) is 15.2 Å². The van der Waals surface area contributed by atoms with Crippen molar-refractivity contribution < 1.29 is 14.3 Å². The van der Waals surface area contributed by atoms with E-state index < -0.39 is 0 Å². The Morgan fingerprint density at radius 2 is 1.97 bits per heavy atom. The standard InChI is InChI=1S/C25H25N3O3/c29-24(27-14-17-10-13-31-16-17)21-5-1-4-18-15-28(12-9-19(18)21)25(30)22-6-2-8-23-20(22)7-3-11-26-23/h1-8,11,17H,9-10,12-16H2,(H,27,29). The summed E-state index contributed by atoms with van der Waals surface area (Å²) in [7, 11) is 0. The van der Waals surface area contributed by atoms with Gasteiger partial charge in [0.1, 0.15) is 0 Å². The molecular formula is C25H25N3O3. The Labute approximate surface area is 181 Å². The van der Waals surface area contributed by atoms with Gasteiger partial charge < -0.3 is 15.0 Å². The van der Waals surface area contributed by atoms with Crippen LogP contribution in [-0.2, 0) is 17.7 Å². The molecule has 158 valence electrons. The molecule has 1 saturated heterocycles. The van der Waals surface area contributed by atoms with Crippen molar-refractivity contribution >= 4 is 22.7 Å². The van der Waals surface area contributed by atoms with Crippen LogP contribution in [0.4, 0.5) is 0 Å². The summed E-state index contributed by atoms with van der Waals surface area (Å²) in [5.41, 5.74) is 4.29. The SMILES string of the molecule is O=C(NCC1CCOC1)c1cccc2c1CCN(C(=O)c1cccc3ncccc13)C2. The molecule has 0 saturated carbocycles. The molecule has 0 radical (unpaired) electrons. The van der Waals surface area contributed by atoms with Crippen LogP contribution in [-0.4, -0.2) is 48.0 Å². The van der Waals surface area contributed by atoms with E-state index in [0.717, 1.165) is 40.6 Å². The van der Waals surface area contributed by atoms with Crippen LogP contribution in [0.2, 0.25) is 0 Å². The average Bonchev–Trinajstić information content (AvgIpc) is 3.34. The second-order valence-corrected chi connectivity index (χ2v) is 8.24. The lowest BCUT2D eigenvalue weighted by atomic mass is 9.93. The van der Waals surface area contributed by atoms with Gasteiger partial charge in [0.05, 0.1) is 12.1 Å². The first-order valence-electron chi connectivity index (χ1n) is 10.8. The maximum Gasteiger partial charge on any atom is 0.254 e. The topological polar surface area (TPSA) is 71.5 Å². The normalized spacial score (nSPS) is 18.1. The molecule has 1 atom stereocenters. The molecule has 1 fully saturated rings. The van der Waals surface area contributed by atoms with Gasteiger partial charge in [0.15, 0.2) is 0 Å². The lowest BCUT2D eigenvalue weighted by molar-refractivity contribution is 0.0736. The molecule has 2 aliphatic rings. The first kappa shape index (κ1) is 19.7. The van der Waals surface area contributed by atoms with Gasteiger partial charge in [-0.15, -0.1) is 0 Å². The molecule has 5 rings (SSSR count). The van der Waals surface area contributed by atoms with Crippen LogP contribution >= 0.6 is 0 Å². The molecule has 6 nitrogen and oxygen atoms in total. The van der Waals surface area contributed by atoms with Crippen LogP contribution in [0.25, 0.3) is 10.9 Å². The monoisotopic (exact) mass is 415 g/mol. The van der Waals surface area contributed by atoms with Crippen LogP contribution in [0.5, 0.6) is 0 Å². The van der Waals surface area contributed by atoms with E-state index in [4.69, 9.17) is 4.74 Å². The summed E-state index contributed by atoms with van der Waals surface area (Å²) in [4.78, 5) is 32.3. The Hall–Kier alpha value is -3.25. The number of carbonyl (C=O) groups is 2. The summed E-state index contributed by atoms with van der Waals surface area (Å²) in [5.74, 6) is 0.357. The molecule has 3 aromatic rings. The molecule has 3 heterocycles. The van der Waals surface area contributed by atoms with Gasteiger partial charge in [-0.25, -0.2) is 0 Å². The molecule has 2 amide bonds. The second-order valence-electron chi connectivity index (χ2n) is 8.24. The minimum Gasteiger partial charge on any atom is -0.381 e. The van der Waals surface area contributed by atoms with Gasteiger partial charge in [0.2, 0.25) is 0 Å². The van der Waals surface area contributed by atoms with Crippen molar-refractivity contribution in [3.8, 4) is 0 Å². The lowest BCUT2D eigenvalue weighted by Crippen LogP contribution is -2.37. The summed E-state index contributed by atoms with van der Waals surface area (Å²) in [6.07, 6.45) is 3.40. The summed E-state index contributed by atoms with van der Waals surface area (Å²) in [6, 6.07) is 15.2. The Morgan fingerprint density at radius 3 is 2.84 bits per heavy atom. The Bertz CT molecular complexity index is 1130. The molecule has 1 unspecified atom stereocenters. The molecule has 6 heteroatoms. The number of hydrogen-bond acceptors (Lipinski definition) is 4. The van der Waals surface area contributed by atoms with Crippen molar-refractivity contribution in [3.63, 3.8) is 0 Å². The number of rotatable bonds is 4. The fraction of sp³-hybridized carbons (Fsp3) is 0.320. The van der Waals surface area contributed by atoms with Crippen LogP contribution in [0.1, 0.15) is 38.3 Å². The maximum absolute atomic E-state index is 13.3. The summed E-state index contributed by atoms with van der Waals surface area (Å²) in [5, 5.41) is 3.93. The maximum atomic E-state index is 13.3. The number of benzene rings is 2. The minimum atomic E-state index is -0.0383. The van der Waals surface area contributed by atoms with Gasteiger partial charge in [-0.05, 0) is 48.2 Å². The molecule has 2 aliphatic heterocycles. The van der Waals surface area contributed by atoms with E-state index in [2.05, 4.69) is 10.3 Å². The van der Waals surface area contributed by atoms with Crippen molar-refractivity contribution in [2.24, 2.45) is 5.92 Å². The first-order chi connectivity index (χ1) is 15.2. The summed E-state index contributed by atoms with van der Waals surface area (Å²) < 4.78 is 5.39. The molecule has 31 heavy (non-hydrogen) atoms. The number of nitrogens with zero attached hydrogens (tertiary/aromatic N) is 2. The second kappa shape index (κ2) is 8.47. The zero-order valence-electron chi connectivity index (χ0n) is 17.3. The highest BCUT2D eigenvalue weighted by Gasteiger charge is 2.26. The van der Waals surface area contributed by atoms with E-state index in [1.807, 2.05) is 53.4 Å². The van der Waals surface area contributed by atoms with Crippen molar-refractivity contribution in [2.75, 3.05) is 26.3 Å². The largest absolute Gasteiger partial charge is 0.381 e. The lowest BCUT2D eigenvalue weighted by Gasteiger charge is -2.30.